The fourth-order valence-electron chi connectivity index (χ4n) is 1.73. The number of nitrogens with one attached hydrogen (secondary N) is 1. The van der Waals surface area contributed by atoms with Gasteiger partial charge < -0.3 is 5.32 Å². The summed E-state index contributed by atoms with van der Waals surface area (Å²) in [6, 6.07) is 8.95. The van der Waals surface area contributed by atoms with Crippen LogP contribution in [-0.4, -0.2) is 23.3 Å². The lowest BCUT2D eigenvalue weighted by molar-refractivity contribution is 0.536. The quantitative estimate of drug-likeness (QED) is 0.771. The van der Waals surface area contributed by atoms with Gasteiger partial charge in [-0.3, -0.25) is 0 Å². The molecule has 18 heavy (non-hydrogen) atoms. The van der Waals surface area contributed by atoms with Crippen molar-refractivity contribution in [3.8, 4) is 0 Å². The maximum atomic E-state index is 4.63. The number of para-hydroxylation sites is 1. The van der Waals surface area contributed by atoms with Crippen molar-refractivity contribution in [2.24, 2.45) is 0 Å². The lowest BCUT2D eigenvalue weighted by atomic mass is 10.2. The van der Waals surface area contributed by atoms with Crippen molar-refractivity contribution in [3.05, 3.63) is 24.3 Å². The van der Waals surface area contributed by atoms with Gasteiger partial charge in [0, 0.05) is 11.8 Å². The van der Waals surface area contributed by atoms with Crippen LogP contribution in [0.3, 0.4) is 0 Å². The second-order valence-corrected chi connectivity index (χ2v) is 6.81. The largest absolute Gasteiger partial charge is 0.314 e. The Labute approximate surface area is 117 Å². The van der Waals surface area contributed by atoms with Gasteiger partial charge >= 0.3 is 0 Å². The van der Waals surface area contributed by atoms with Crippen LogP contribution in [-0.2, 0) is 0 Å². The molecule has 1 unspecified atom stereocenters. The monoisotopic (exact) mass is 280 g/mol. The summed E-state index contributed by atoms with van der Waals surface area (Å²) in [5.74, 6) is 1.14. The minimum atomic E-state index is 0.604. The maximum Gasteiger partial charge on any atom is 0.151 e. The molecule has 2 nitrogen and oxygen atoms in total. The van der Waals surface area contributed by atoms with Gasteiger partial charge in [-0.15, -0.1) is 11.3 Å². The predicted molar refractivity (Wildman–Crippen MR) is 82.7 cm³/mol. The van der Waals surface area contributed by atoms with E-state index >= 15 is 0 Å². The number of hydrogen-bond acceptors (Lipinski definition) is 4. The standard InChI is InChI=1S/C14H20N2S2/c1-3-9-15-11(2)8-10-17-14-16-12-6-4-5-7-13(12)18-14/h4-7,11,15H,3,8-10H2,1-2H3. The van der Waals surface area contributed by atoms with Crippen molar-refractivity contribution in [2.75, 3.05) is 12.3 Å². The average molecular weight is 280 g/mol. The summed E-state index contributed by atoms with van der Waals surface area (Å²) in [5, 5.41) is 3.51. The number of fused-ring (bicyclic) bond motifs is 1. The zero-order valence-electron chi connectivity index (χ0n) is 11.0. The van der Waals surface area contributed by atoms with E-state index in [4.69, 9.17) is 0 Å². The van der Waals surface area contributed by atoms with Crippen LogP contribution in [0, 0.1) is 0 Å². The minimum absolute atomic E-state index is 0.604. The van der Waals surface area contributed by atoms with E-state index in [0.29, 0.717) is 6.04 Å². The number of aromatic nitrogens is 1. The molecule has 0 saturated carbocycles. The van der Waals surface area contributed by atoms with Gasteiger partial charge in [-0.1, -0.05) is 30.8 Å². The summed E-state index contributed by atoms with van der Waals surface area (Å²) in [5.41, 5.74) is 1.13. The highest BCUT2D eigenvalue weighted by atomic mass is 32.2. The van der Waals surface area contributed by atoms with Crippen LogP contribution in [0.5, 0.6) is 0 Å². The molecule has 0 aliphatic carbocycles. The lowest BCUT2D eigenvalue weighted by Crippen LogP contribution is -2.27. The van der Waals surface area contributed by atoms with E-state index in [1.165, 1.54) is 21.9 Å². The lowest BCUT2D eigenvalue weighted by Gasteiger charge is -2.11. The molecule has 0 saturated heterocycles. The number of rotatable bonds is 7. The summed E-state index contributed by atoms with van der Waals surface area (Å²) in [6.07, 6.45) is 2.40. The van der Waals surface area contributed by atoms with E-state index in [9.17, 15) is 0 Å². The first-order valence-electron chi connectivity index (χ1n) is 6.51. The molecule has 0 fully saturated rings. The molecular formula is C14H20N2S2. The zero-order valence-corrected chi connectivity index (χ0v) is 12.6. The van der Waals surface area contributed by atoms with Crippen LogP contribution >= 0.6 is 23.1 Å². The third kappa shape index (κ3) is 3.97. The van der Waals surface area contributed by atoms with Crippen LogP contribution in [0.1, 0.15) is 26.7 Å². The molecule has 0 aliphatic heterocycles. The van der Waals surface area contributed by atoms with Crippen molar-refractivity contribution >= 4 is 33.3 Å². The molecule has 2 rings (SSSR count). The molecule has 1 N–H and O–H groups in total. The summed E-state index contributed by atoms with van der Waals surface area (Å²) < 4.78 is 2.48. The van der Waals surface area contributed by atoms with Crippen LogP contribution in [0.4, 0.5) is 0 Å². The van der Waals surface area contributed by atoms with Gasteiger partial charge in [0.25, 0.3) is 0 Å². The van der Waals surface area contributed by atoms with E-state index in [1.54, 1.807) is 11.3 Å². The van der Waals surface area contributed by atoms with Crippen molar-refractivity contribution < 1.29 is 0 Å². The molecule has 0 bridgehead atoms. The Morgan fingerprint density at radius 2 is 2.22 bits per heavy atom. The topological polar surface area (TPSA) is 24.9 Å². The van der Waals surface area contributed by atoms with Gasteiger partial charge in [-0.2, -0.15) is 0 Å². The predicted octanol–water partition coefficient (Wildman–Crippen LogP) is 4.17. The van der Waals surface area contributed by atoms with E-state index in [2.05, 4.69) is 42.3 Å². The molecule has 0 aliphatic rings. The second kappa shape index (κ2) is 7.12. The van der Waals surface area contributed by atoms with E-state index in [1.807, 2.05) is 17.8 Å². The first-order chi connectivity index (χ1) is 8.79. The summed E-state index contributed by atoms with van der Waals surface area (Å²) in [4.78, 5) is 4.63. The van der Waals surface area contributed by atoms with Gasteiger partial charge in [0.1, 0.15) is 0 Å². The van der Waals surface area contributed by atoms with E-state index < -0.39 is 0 Å². The number of benzene rings is 1. The Morgan fingerprint density at radius 1 is 1.39 bits per heavy atom. The van der Waals surface area contributed by atoms with Crippen molar-refractivity contribution in [2.45, 2.75) is 37.1 Å². The fraction of sp³-hybridized carbons (Fsp3) is 0.500. The molecular weight excluding hydrogens is 260 g/mol. The van der Waals surface area contributed by atoms with Gasteiger partial charge in [-0.25, -0.2) is 4.98 Å². The summed E-state index contributed by atoms with van der Waals surface area (Å²) >= 11 is 3.67. The molecule has 2 aromatic rings. The number of nitrogens with zero attached hydrogens (tertiary/aromatic N) is 1. The molecule has 1 atom stereocenters. The zero-order chi connectivity index (χ0) is 12.8. The molecule has 98 valence electrons. The van der Waals surface area contributed by atoms with Crippen molar-refractivity contribution in [1.29, 1.82) is 0 Å². The Bertz CT molecular complexity index is 448. The highest BCUT2D eigenvalue weighted by Gasteiger charge is 2.05. The molecule has 1 aromatic carbocycles. The van der Waals surface area contributed by atoms with E-state index in [0.717, 1.165) is 17.8 Å². The summed E-state index contributed by atoms with van der Waals surface area (Å²) in [6.45, 7) is 5.58. The smallest absolute Gasteiger partial charge is 0.151 e. The van der Waals surface area contributed by atoms with E-state index in [-0.39, 0.29) is 0 Å². The Balaban J connectivity index is 1.79. The number of hydrogen-bond donors (Lipinski definition) is 1. The van der Waals surface area contributed by atoms with Gasteiger partial charge in [-0.05, 0) is 38.4 Å². The van der Waals surface area contributed by atoms with Crippen LogP contribution < -0.4 is 5.32 Å². The van der Waals surface area contributed by atoms with Gasteiger partial charge in [0.2, 0.25) is 0 Å². The molecule has 0 spiro atoms. The van der Waals surface area contributed by atoms with Crippen molar-refractivity contribution in [1.82, 2.24) is 10.3 Å². The molecule has 1 aromatic heterocycles. The van der Waals surface area contributed by atoms with Crippen LogP contribution in [0.2, 0.25) is 0 Å². The molecule has 1 heterocycles. The highest BCUT2D eigenvalue weighted by Crippen LogP contribution is 2.29. The summed E-state index contributed by atoms with van der Waals surface area (Å²) in [7, 11) is 0. The normalized spacial score (nSPS) is 13.0. The van der Waals surface area contributed by atoms with Gasteiger partial charge in [0.15, 0.2) is 4.34 Å². The first-order valence-corrected chi connectivity index (χ1v) is 8.31. The molecule has 0 amide bonds. The van der Waals surface area contributed by atoms with Crippen LogP contribution in [0.15, 0.2) is 28.6 Å². The number of thiazole rings is 1. The average Bonchev–Trinajstić information content (AvgIpc) is 2.79. The third-order valence-electron chi connectivity index (χ3n) is 2.79. The fourth-order valence-corrected chi connectivity index (χ4v) is 3.99. The molecule has 0 radical (unpaired) electrons. The Morgan fingerprint density at radius 3 is 3.00 bits per heavy atom. The first kappa shape index (κ1) is 13.8. The SMILES string of the molecule is CCCNC(C)CCSc1nc2ccccc2s1. The second-order valence-electron chi connectivity index (χ2n) is 4.44. The highest BCUT2D eigenvalue weighted by molar-refractivity contribution is 8.01. The number of thioether (sulfide) groups is 1. The Kier molecular flexibility index (Phi) is 5.47. The van der Waals surface area contributed by atoms with Gasteiger partial charge in [0.05, 0.1) is 10.2 Å². The third-order valence-corrected chi connectivity index (χ3v) is 5.01. The Hall–Kier alpha value is -0.580. The maximum absolute atomic E-state index is 4.63. The van der Waals surface area contributed by atoms with Crippen molar-refractivity contribution in [3.63, 3.8) is 0 Å². The minimum Gasteiger partial charge on any atom is -0.314 e. The van der Waals surface area contributed by atoms with Crippen LogP contribution in [0.25, 0.3) is 10.2 Å². The molecule has 4 heteroatoms.